The van der Waals surface area contributed by atoms with Crippen LogP contribution in [0.1, 0.15) is 50.4 Å². The van der Waals surface area contributed by atoms with E-state index in [1.807, 2.05) is 23.9 Å². The molecule has 0 saturated heterocycles. The maximum absolute atomic E-state index is 12.6. The Kier molecular flexibility index (Phi) is 7.51. The fourth-order valence-corrected chi connectivity index (χ4v) is 4.84. The number of rotatable bonds is 8. The predicted molar refractivity (Wildman–Crippen MR) is 120 cm³/mol. The molecule has 1 unspecified atom stereocenters. The summed E-state index contributed by atoms with van der Waals surface area (Å²) < 4.78 is 0. The first-order valence-electron chi connectivity index (χ1n) is 10.4. The van der Waals surface area contributed by atoms with Crippen LogP contribution in [-0.4, -0.2) is 47.9 Å². The van der Waals surface area contributed by atoms with E-state index in [2.05, 4.69) is 55.3 Å². The molecule has 2 aliphatic rings. The molecule has 1 aliphatic carbocycles. The maximum atomic E-state index is 12.6. The van der Waals surface area contributed by atoms with Gasteiger partial charge in [-0.3, -0.25) is 9.79 Å². The zero-order valence-corrected chi connectivity index (χ0v) is 18.0. The van der Waals surface area contributed by atoms with Crippen molar-refractivity contribution in [2.45, 2.75) is 50.2 Å². The van der Waals surface area contributed by atoms with Crippen LogP contribution in [0.2, 0.25) is 0 Å². The Labute approximate surface area is 173 Å². The third kappa shape index (κ3) is 4.95. The van der Waals surface area contributed by atoms with Gasteiger partial charge in [-0.25, -0.2) is 0 Å². The lowest BCUT2D eigenvalue weighted by Crippen LogP contribution is -2.34. The molecule has 28 heavy (non-hydrogen) atoms. The average Bonchev–Trinajstić information content (AvgIpc) is 2.87. The van der Waals surface area contributed by atoms with Crippen LogP contribution < -0.4 is 5.32 Å². The molecule has 3 rings (SSSR count). The molecule has 0 aromatic heterocycles. The third-order valence-electron chi connectivity index (χ3n) is 5.28. The van der Waals surface area contributed by atoms with Crippen molar-refractivity contribution >= 4 is 29.1 Å². The van der Waals surface area contributed by atoms with Crippen molar-refractivity contribution in [2.75, 3.05) is 26.2 Å². The zero-order chi connectivity index (χ0) is 19.9. The highest BCUT2D eigenvalue weighted by atomic mass is 32.2. The van der Waals surface area contributed by atoms with E-state index in [0.717, 1.165) is 49.5 Å². The standard InChI is InChI=1S/C23H31N3OS/c1-4-9-19-18-10-7-8-11-21(18)28-22-13-12-17(16-20(22)25-19)23(27)24-14-15-26(5-2)6-3/h7-8,10,12-13,16,21H,4-6,9,11,14-15H2,1-3H3,(H,24,27). The van der Waals surface area contributed by atoms with Crippen LogP contribution in [0, 0.1) is 0 Å². The van der Waals surface area contributed by atoms with Crippen LogP contribution in [-0.2, 0) is 0 Å². The molecule has 1 aromatic carbocycles. The quantitative estimate of drug-likeness (QED) is 0.672. The Bertz CT molecular complexity index is 793. The number of hydrogen-bond donors (Lipinski definition) is 1. The second kappa shape index (κ2) is 10.1. The van der Waals surface area contributed by atoms with Gasteiger partial charge in [0.1, 0.15) is 0 Å². The summed E-state index contributed by atoms with van der Waals surface area (Å²) in [4.78, 5) is 21.1. The van der Waals surface area contributed by atoms with E-state index in [0.29, 0.717) is 17.4 Å². The van der Waals surface area contributed by atoms with E-state index in [4.69, 9.17) is 4.99 Å². The first-order valence-corrected chi connectivity index (χ1v) is 11.3. The number of hydrogen-bond acceptors (Lipinski definition) is 4. The number of thioether (sulfide) groups is 1. The Morgan fingerprint density at radius 2 is 2.11 bits per heavy atom. The number of nitrogens with zero attached hydrogens (tertiary/aromatic N) is 2. The Morgan fingerprint density at radius 1 is 1.29 bits per heavy atom. The van der Waals surface area contributed by atoms with Gasteiger partial charge in [-0.05, 0) is 49.7 Å². The van der Waals surface area contributed by atoms with Gasteiger partial charge in [-0.1, -0.05) is 45.4 Å². The number of likely N-dealkylation sites (N-methyl/N-ethyl adjacent to an activating group) is 1. The van der Waals surface area contributed by atoms with Crippen LogP contribution in [0.3, 0.4) is 0 Å². The van der Waals surface area contributed by atoms with Crippen LogP contribution >= 0.6 is 11.8 Å². The number of nitrogens with one attached hydrogen (secondary N) is 1. The lowest BCUT2D eigenvalue weighted by atomic mass is 9.97. The van der Waals surface area contributed by atoms with E-state index in [9.17, 15) is 4.79 Å². The van der Waals surface area contributed by atoms with Crippen LogP contribution in [0.15, 0.2) is 51.9 Å². The molecule has 1 N–H and O–H groups in total. The number of carbonyl (C=O) groups is 1. The van der Waals surface area contributed by atoms with Crippen LogP contribution in [0.5, 0.6) is 0 Å². The third-order valence-corrected chi connectivity index (χ3v) is 6.61. The average molecular weight is 398 g/mol. The lowest BCUT2D eigenvalue weighted by molar-refractivity contribution is 0.0949. The summed E-state index contributed by atoms with van der Waals surface area (Å²) in [7, 11) is 0. The number of carbonyl (C=O) groups excluding carboxylic acids is 1. The minimum atomic E-state index is -0.0188. The summed E-state index contributed by atoms with van der Waals surface area (Å²) >= 11 is 1.87. The van der Waals surface area contributed by atoms with Gasteiger partial charge in [0.15, 0.2) is 0 Å². The molecule has 0 saturated carbocycles. The van der Waals surface area contributed by atoms with Gasteiger partial charge in [-0.15, -0.1) is 11.8 Å². The van der Waals surface area contributed by atoms with Crippen LogP contribution in [0.25, 0.3) is 0 Å². The Balaban J connectivity index is 1.78. The first-order chi connectivity index (χ1) is 13.7. The smallest absolute Gasteiger partial charge is 0.251 e. The molecule has 4 nitrogen and oxygen atoms in total. The highest BCUT2D eigenvalue weighted by Crippen LogP contribution is 2.42. The molecular formula is C23H31N3OS. The molecule has 1 aromatic rings. The summed E-state index contributed by atoms with van der Waals surface area (Å²) in [6, 6.07) is 5.95. The van der Waals surface area contributed by atoms with Gasteiger partial charge in [-0.2, -0.15) is 0 Å². The summed E-state index contributed by atoms with van der Waals surface area (Å²) in [5, 5.41) is 3.47. The van der Waals surface area contributed by atoms with Crippen molar-refractivity contribution in [1.82, 2.24) is 10.2 Å². The Morgan fingerprint density at radius 3 is 2.86 bits per heavy atom. The van der Waals surface area contributed by atoms with Gasteiger partial charge < -0.3 is 10.2 Å². The van der Waals surface area contributed by atoms with Crippen molar-refractivity contribution in [3.8, 4) is 0 Å². The van der Waals surface area contributed by atoms with E-state index in [1.54, 1.807) is 0 Å². The number of benzene rings is 1. The minimum absolute atomic E-state index is 0.0188. The molecule has 0 radical (unpaired) electrons. The highest BCUT2D eigenvalue weighted by Gasteiger charge is 2.25. The van der Waals surface area contributed by atoms with Crippen molar-refractivity contribution < 1.29 is 4.79 Å². The maximum Gasteiger partial charge on any atom is 0.251 e. The molecule has 0 bridgehead atoms. The number of aliphatic imine (C=N–C) groups is 1. The predicted octanol–water partition coefficient (Wildman–Crippen LogP) is 4.99. The minimum Gasteiger partial charge on any atom is -0.351 e. The molecule has 0 spiro atoms. The topological polar surface area (TPSA) is 44.7 Å². The highest BCUT2D eigenvalue weighted by molar-refractivity contribution is 8.00. The molecule has 1 atom stereocenters. The molecule has 1 heterocycles. The molecule has 1 aliphatic heterocycles. The second-order valence-corrected chi connectivity index (χ2v) is 8.41. The van der Waals surface area contributed by atoms with Gasteiger partial charge in [0.25, 0.3) is 5.91 Å². The number of fused-ring (bicyclic) bond motifs is 2. The summed E-state index contributed by atoms with van der Waals surface area (Å²) in [5.74, 6) is -0.0188. The van der Waals surface area contributed by atoms with E-state index in [1.165, 1.54) is 11.3 Å². The van der Waals surface area contributed by atoms with Crippen molar-refractivity contribution in [3.63, 3.8) is 0 Å². The monoisotopic (exact) mass is 397 g/mol. The van der Waals surface area contributed by atoms with Gasteiger partial charge in [0.05, 0.1) is 5.69 Å². The summed E-state index contributed by atoms with van der Waals surface area (Å²) in [5.41, 5.74) is 4.13. The lowest BCUT2D eigenvalue weighted by Gasteiger charge is -2.20. The molecule has 5 heteroatoms. The normalized spacial score (nSPS) is 18.1. The van der Waals surface area contributed by atoms with E-state index >= 15 is 0 Å². The fourth-order valence-electron chi connectivity index (χ4n) is 3.62. The SMILES string of the molecule is CCCC1=Nc2cc(C(=O)NCCN(CC)CC)ccc2SC2CC=CC=C12. The van der Waals surface area contributed by atoms with Gasteiger partial charge in [0, 0.05) is 34.5 Å². The van der Waals surface area contributed by atoms with Crippen LogP contribution in [0.4, 0.5) is 5.69 Å². The molecule has 1 amide bonds. The van der Waals surface area contributed by atoms with E-state index in [-0.39, 0.29) is 5.91 Å². The number of allylic oxidation sites excluding steroid dienone is 3. The molecular weight excluding hydrogens is 366 g/mol. The summed E-state index contributed by atoms with van der Waals surface area (Å²) in [6.07, 6.45) is 9.65. The van der Waals surface area contributed by atoms with Crippen molar-refractivity contribution in [1.29, 1.82) is 0 Å². The van der Waals surface area contributed by atoms with Gasteiger partial charge >= 0.3 is 0 Å². The van der Waals surface area contributed by atoms with Crippen molar-refractivity contribution in [3.05, 3.63) is 47.6 Å². The second-order valence-electron chi connectivity index (χ2n) is 7.17. The first kappa shape index (κ1) is 20.9. The largest absolute Gasteiger partial charge is 0.351 e. The zero-order valence-electron chi connectivity index (χ0n) is 17.2. The Hall–Kier alpha value is -1.85. The van der Waals surface area contributed by atoms with Gasteiger partial charge in [0.2, 0.25) is 0 Å². The molecule has 150 valence electrons. The summed E-state index contributed by atoms with van der Waals surface area (Å²) in [6.45, 7) is 10.0. The fraction of sp³-hybridized carbons (Fsp3) is 0.478. The number of amides is 1. The molecule has 0 fully saturated rings. The van der Waals surface area contributed by atoms with E-state index < -0.39 is 0 Å². The van der Waals surface area contributed by atoms with Crippen molar-refractivity contribution in [2.24, 2.45) is 4.99 Å².